The minimum absolute atomic E-state index is 0.381. The Morgan fingerprint density at radius 3 is 2.15 bits per heavy atom. The summed E-state index contributed by atoms with van der Waals surface area (Å²) < 4.78 is 38.9. The fourth-order valence-corrected chi connectivity index (χ4v) is 1.62. The first-order chi connectivity index (χ1) is 8.90. The van der Waals surface area contributed by atoms with Gasteiger partial charge in [-0.3, -0.25) is 4.79 Å². The summed E-state index contributed by atoms with van der Waals surface area (Å²) in [6.45, 7) is 4.80. The average molecular weight is 292 g/mol. The van der Waals surface area contributed by atoms with Gasteiger partial charge in [0.15, 0.2) is 0 Å². The van der Waals surface area contributed by atoms with E-state index in [4.69, 9.17) is 5.11 Å². The molecule has 0 bridgehead atoms. The van der Waals surface area contributed by atoms with E-state index in [1.807, 2.05) is 0 Å². The molecule has 8 heteroatoms. The van der Waals surface area contributed by atoms with E-state index < -0.39 is 34.7 Å². The van der Waals surface area contributed by atoms with Gasteiger partial charge in [0.05, 0.1) is 11.1 Å². The van der Waals surface area contributed by atoms with E-state index in [0.29, 0.717) is 6.20 Å². The number of carboxylic acids is 1. The summed E-state index contributed by atoms with van der Waals surface area (Å²) in [7, 11) is 0. The Hall–Kier alpha value is -1.99. The molecular formula is C12H15F3N2O3. The molecule has 1 amide bonds. The van der Waals surface area contributed by atoms with E-state index >= 15 is 0 Å². The molecule has 1 aromatic heterocycles. The van der Waals surface area contributed by atoms with Crippen LogP contribution < -0.4 is 5.32 Å². The van der Waals surface area contributed by atoms with Gasteiger partial charge in [0, 0.05) is 17.9 Å². The number of nitrogens with one attached hydrogen (secondary N) is 1. The smallest absolute Gasteiger partial charge is 0.418 e. The summed E-state index contributed by atoms with van der Waals surface area (Å²) in [6, 6.07) is 0. The first-order valence-corrected chi connectivity index (χ1v) is 5.71. The van der Waals surface area contributed by atoms with Crippen molar-refractivity contribution < 1.29 is 27.9 Å². The molecule has 0 aliphatic carbocycles. The third-order valence-corrected chi connectivity index (χ3v) is 2.26. The first kappa shape index (κ1) is 16.1. The lowest BCUT2D eigenvalue weighted by atomic mass is 10.1. The van der Waals surface area contributed by atoms with Crippen molar-refractivity contribution in [1.29, 1.82) is 0 Å². The largest absolute Gasteiger partial charge is 0.478 e. The van der Waals surface area contributed by atoms with Gasteiger partial charge in [-0.05, 0) is 20.8 Å². The molecule has 0 spiro atoms. The van der Waals surface area contributed by atoms with Gasteiger partial charge in [0.2, 0.25) is 5.91 Å². The van der Waals surface area contributed by atoms with Crippen LogP contribution in [-0.4, -0.2) is 27.1 Å². The van der Waals surface area contributed by atoms with Crippen molar-refractivity contribution in [2.75, 3.05) is 0 Å². The Labute approximate surface area is 113 Å². The van der Waals surface area contributed by atoms with Crippen LogP contribution in [0.2, 0.25) is 0 Å². The molecule has 112 valence electrons. The van der Waals surface area contributed by atoms with E-state index in [9.17, 15) is 22.8 Å². The molecule has 0 aliphatic rings. The highest BCUT2D eigenvalue weighted by molar-refractivity contribution is 5.89. The van der Waals surface area contributed by atoms with Crippen molar-refractivity contribution in [1.82, 2.24) is 9.88 Å². The van der Waals surface area contributed by atoms with Crippen LogP contribution >= 0.6 is 0 Å². The lowest BCUT2D eigenvalue weighted by molar-refractivity contribution is -0.138. The molecule has 5 nitrogen and oxygen atoms in total. The standard InChI is InChI=1S/C12H15F3N2O3/c1-11(2,3)16-9(18)6-17-4-7(10(19)20)8(5-17)12(13,14)15/h4-5H,6H2,1-3H3,(H,16,18)(H,19,20). The normalized spacial score (nSPS) is 12.3. The van der Waals surface area contributed by atoms with Crippen LogP contribution in [0, 0.1) is 0 Å². The van der Waals surface area contributed by atoms with Gasteiger partial charge in [0.1, 0.15) is 6.54 Å². The third-order valence-electron chi connectivity index (χ3n) is 2.26. The number of aromatic nitrogens is 1. The summed E-state index contributed by atoms with van der Waals surface area (Å²) in [5.74, 6) is -2.19. The van der Waals surface area contributed by atoms with Crippen LogP contribution in [0.15, 0.2) is 12.4 Å². The second-order valence-electron chi connectivity index (χ2n) is 5.36. The number of amides is 1. The Kier molecular flexibility index (Phi) is 4.16. The van der Waals surface area contributed by atoms with Crippen LogP contribution in [0.5, 0.6) is 0 Å². The molecule has 1 rings (SSSR count). The summed E-state index contributed by atoms with van der Waals surface area (Å²) >= 11 is 0. The van der Waals surface area contributed by atoms with E-state index in [1.54, 1.807) is 20.8 Å². The summed E-state index contributed by atoms with van der Waals surface area (Å²) in [4.78, 5) is 22.4. The molecule has 0 saturated carbocycles. The Bertz CT molecular complexity index is 527. The molecule has 0 unspecified atom stereocenters. The zero-order chi connectivity index (χ0) is 15.7. The average Bonchev–Trinajstić information content (AvgIpc) is 2.57. The van der Waals surface area contributed by atoms with Crippen molar-refractivity contribution in [2.45, 2.75) is 39.0 Å². The van der Waals surface area contributed by atoms with Gasteiger partial charge in [0.25, 0.3) is 0 Å². The number of nitrogens with zero attached hydrogens (tertiary/aromatic N) is 1. The number of halogens is 3. The Morgan fingerprint density at radius 2 is 1.80 bits per heavy atom. The summed E-state index contributed by atoms with van der Waals surface area (Å²) in [5, 5.41) is 11.3. The van der Waals surface area contributed by atoms with Gasteiger partial charge < -0.3 is 15.0 Å². The number of carboxylic acid groups (broad SMARTS) is 1. The van der Waals surface area contributed by atoms with Crippen molar-refractivity contribution >= 4 is 11.9 Å². The number of alkyl halides is 3. The highest BCUT2D eigenvalue weighted by Crippen LogP contribution is 2.32. The predicted octanol–water partition coefficient (Wildman–Crippen LogP) is 2.12. The van der Waals surface area contributed by atoms with Crippen LogP contribution in [-0.2, 0) is 17.5 Å². The van der Waals surface area contributed by atoms with E-state index in [1.165, 1.54) is 0 Å². The van der Waals surface area contributed by atoms with E-state index in [-0.39, 0.29) is 6.54 Å². The molecule has 0 radical (unpaired) electrons. The molecule has 2 N–H and O–H groups in total. The molecular weight excluding hydrogens is 277 g/mol. The molecule has 1 heterocycles. The molecule has 0 aromatic carbocycles. The van der Waals surface area contributed by atoms with Crippen molar-refractivity contribution in [3.63, 3.8) is 0 Å². The molecule has 0 fully saturated rings. The zero-order valence-corrected chi connectivity index (χ0v) is 11.2. The number of carbonyl (C=O) groups is 2. The fourth-order valence-electron chi connectivity index (χ4n) is 1.62. The molecule has 1 aromatic rings. The SMILES string of the molecule is CC(C)(C)NC(=O)Cn1cc(C(=O)O)c(C(F)(F)F)c1. The van der Waals surface area contributed by atoms with E-state index in [2.05, 4.69) is 5.32 Å². The van der Waals surface area contributed by atoms with Crippen molar-refractivity contribution in [3.8, 4) is 0 Å². The van der Waals surface area contributed by atoms with Crippen LogP contribution in [0.25, 0.3) is 0 Å². The van der Waals surface area contributed by atoms with Gasteiger partial charge in [-0.15, -0.1) is 0 Å². The maximum atomic E-state index is 12.7. The molecule has 0 atom stereocenters. The fraction of sp³-hybridized carbons (Fsp3) is 0.500. The third kappa shape index (κ3) is 4.29. The Morgan fingerprint density at radius 1 is 1.25 bits per heavy atom. The van der Waals surface area contributed by atoms with E-state index in [0.717, 1.165) is 10.8 Å². The minimum Gasteiger partial charge on any atom is -0.478 e. The zero-order valence-electron chi connectivity index (χ0n) is 11.2. The highest BCUT2D eigenvalue weighted by Gasteiger charge is 2.37. The molecule has 0 aliphatic heterocycles. The van der Waals surface area contributed by atoms with Gasteiger partial charge >= 0.3 is 12.1 Å². The maximum Gasteiger partial charge on any atom is 0.418 e. The molecule has 20 heavy (non-hydrogen) atoms. The monoisotopic (exact) mass is 292 g/mol. The second-order valence-corrected chi connectivity index (χ2v) is 5.36. The molecule has 0 saturated heterocycles. The predicted molar refractivity (Wildman–Crippen MR) is 64.3 cm³/mol. The number of carbonyl (C=O) groups excluding carboxylic acids is 1. The minimum atomic E-state index is -4.78. The first-order valence-electron chi connectivity index (χ1n) is 5.71. The maximum absolute atomic E-state index is 12.7. The highest BCUT2D eigenvalue weighted by atomic mass is 19.4. The summed E-state index contributed by atoms with van der Waals surface area (Å²) in [5.41, 5.74) is -2.66. The van der Waals surface area contributed by atoms with Crippen LogP contribution in [0.1, 0.15) is 36.7 Å². The van der Waals surface area contributed by atoms with Crippen molar-refractivity contribution in [3.05, 3.63) is 23.5 Å². The van der Waals surface area contributed by atoms with Crippen molar-refractivity contribution in [2.24, 2.45) is 0 Å². The number of hydrogen-bond acceptors (Lipinski definition) is 2. The number of rotatable bonds is 3. The van der Waals surface area contributed by atoms with Gasteiger partial charge in [-0.25, -0.2) is 4.79 Å². The second kappa shape index (κ2) is 5.18. The lowest BCUT2D eigenvalue weighted by Gasteiger charge is -2.20. The van der Waals surface area contributed by atoms with Gasteiger partial charge in [-0.1, -0.05) is 0 Å². The van der Waals surface area contributed by atoms with Crippen LogP contribution in [0.3, 0.4) is 0 Å². The number of hydrogen-bond donors (Lipinski definition) is 2. The summed E-state index contributed by atoms with van der Waals surface area (Å²) in [6.07, 6.45) is -3.36. The van der Waals surface area contributed by atoms with Gasteiger partial charge in [-0.2, -0.15) is 13.2 Å². The topological polar surface area (TPSA) is 71.3 Å². The quantitative estimate of drug-likeness (QED) is 0.896. The van der Waals surface area contributed by atoms with Crippen LogP contribution in [0.4, 0.5) is 13.2 Å². The number of aromatic carboxylic acids is 1. The Balaban J connectivity index is 2.99. The lowest BCUT2D eigenvalue weighted by Crippen LogP contribution is -2.42.